The van der Waals surface area contributed by atoms with Gasteiger partial charge in [-0.05, 0) is 68.4 Å². The zero-order valence-electron chi connectivity index (χ0n) is 16.0. The number of halogens is 1. The molecule has 0 radical (unpaired) electrons. The minimum atomic E-state index is -0.234. The molecule has 4 aromatic rings. The first kappa shape index (κ1) is 19.0. The summed E-state index contributed by atoms with van der Waals surface area (Å²) in [5.74, 6) is 1.26. The Kier molecular flexibility index (Phi) is 5.18. The van der Waals surface area contributed by atoms with Crippen molar-refractivity contribution in [3.63, 3.8) is 0 Å². The van der Waals surface area contributed by atoms with E-state index in [0.29, 0.717) is 34.2 Å². The van der Waals surface area contributed by atoms with Gasteiger partial charge in [0.15, 0.2) is 5.65 Å². The van der Waals surface area contributed by atoms with Gasteiger partial charge in [-0.15, -0.1) is 0 Å². The summed E-state index contributed by atoms with van der Waals surface area (Å²) in [6, 6.07) is 16.1. The van der Waals surface area contributed by atoms with Gasteiger partial charge in [0.2, 0.25) is 0 Å². The van der Waals surface area contributed by atoms with Crippen molar-refractivity contribution in [2.75, 3.05) is 11.9 Å². The van der Waals surface area contributed by atoms with Gasteiger partial charge in [-0.1, -0.05) is 11.6 Å². The van der Waals surface area contributed by atoms with Gasteiger partial charge in [0, 0.05) is 17.4 Å². The number of hydrogen-bond donors (Lipinski definition) is 1. The lowest BCUT2D eigenvalue weighted by Gasteiger charge is -2.12. The number of anilines is 1. The van der Waals surface area contributed by atoms with Crippen molar-refractivity contribution in [2.45, 2.75) is 13.8 Å². The van der Waals surface area contributed by atoms with Gasteiger partial charge >= 0.3 is 0 Å². The molecule has 0 aliphatic rings. The highest BCUT2D eigenvalue weighted by molar-refractivity contribution is 6.32. The van der Waals surface area contributed by atoms with Crippen LogP contribution >= 0.6 is 11.6 Å². The maximum absolute atomic E-state index is 12.8. The molecule has 0 atom stereocenters. The minimum absolute atomic E-state index is 0.234. The standard InChI is InChI=1S/C22H19ClN4O2/c1-3-29-17-9-7-16(8-10-17)26-22(28)15-6-11-18(23)20(13-15)27-14(2)25-19-5-4-12-24-21(19)27/h4-13H,3H2,1-2H3,(H,26,28). The van der Waals surface area contributed by atoms with Gasteiger partial charge in [-0.25, -0.2) is 9.97 Å². The minimum Gasteiger partial charge on any atom is -0.494 e. The number of carbonyl (C=O) groups is 1. The van der Waals surface area contributed by atoms with Crippen LogP contribution in [0.3, 0.4) is 0 Å². The second-order valence-electron chi connectivity index (χ2n) is 6.42. The zero-order chi connectivity index (χ0) is 20.4. The number of aryl methyl sites for hydroxylation is 1. The summed E-state index contributed by atoms with van der Waals surface area (Å²) >= 11 is 6.45. The molecule has 0 saturated heterocycles. The van der Waals surface area contributed by atoms with Crippen molar-refractivity contribution >= 4 is 34.4 Å². The van der Waals surface area contributed by atoms with Crippen LogP contribution in [0.2, 0.25) is 5.02 Å². The zero-order valence-corrected chi connectivity index (χ0v) is 16.8. The van der Waals surface area contributed by atoms with Crippen molar-refractivity contribution in [3.8, 4) is 11.4 Å². The highest BCUT2D eigenvalue weighted by Crippen LogP contribution is 2.27. The van der Waals surface area contributed by atoms with Crippen molar-refractivity contribution in [2.24, 2.45) is 0 Å². The van der Waals surface area contributed by atoms with Crippen LogP contribution < -0.4 is 10.1 Å². The topological polar surface area (TPSA) is 69.0 Å². The Hall–Kier alpha value is -3.38. The van der Waals surface area contributed by atoms with Crippen LogP contribution in [0.25, 0.3) is 16.9 Å². The highest BCUT2D eigenvalue weighted by atomic mass is 35.5. The van der Waals surface area contributed by atoms with E-state index < -0.39 is 0 Å². The first-order valence-electron chi connectivity index (χ1n) is 9.21. The number of imidazole rings is 1. The van der Waals surface area contributed by atoms with Gasteiger partial charge in [0.25, 0.3) is 5.91 Å². The quantitative estimate of drug-likeness (QED) is 0.504. The number of hydrogen-bond acceptors (Lipinski definition) is 4. The van der Waals surface area contributed by atoms with E-state index in [9.17, 15) is 4.79 Å². The third-order valence-electron chi connectivity index (χ3n) is 4.46. The smallest absolute Gasteiger partial charge is 0.255 e. The molecule has 146 valence electrons. The fourth-order valence-corrected chi connectivity index (χ4v) is 3.35. The molecule has 4 rings (SSSR count). The Morgan fingerprint density at radius 2 is 1.97 bits per heavy atom. The Balaban J connectivity index is 1.66. The van der Waals surface area contributed by atoms with E-state index in [0.717, 1.165) is 17.1 Å². The number of fused-ring (bicyclic) bond motifs is 1. The van der Waals surface area contributed by atoms with Crippen LogP contribution in [0.5, 0.6) is 5.75 Å². The average molecular weight is 407 g/mol. The molecule has 2 aromatic heterocycles. The van der Waals surface area contributed by atoms with E-state index in [4.69, 9.17) is 16.3 Å². The molecule has 0 aliphatic carbocycles. The molecule has 2 heterocycles. The number of rotatable bonds is 5. The molecule has 0 unspecified atom stereocenters. The van der Waals surface area contributed by atoms with Crippen molar-refractivity contribution in [3.05, 3.63) is 77.2 Å². The number of carbonyl (C=O) groups excluding carboxylic acids is 1. The fourth-order valence-electron chi connectivity index (χ4n) is 3.14. The number of aromatic nitrogens is 3. The van der Waals surface area contributed by atoms with Gasteiger partial charge in [0.05, 0.1) is 17.3 Å². The summed E-state index contributed by atoms with van der Waals surface area (Å²) in [5, 5.41) is 3.40. The van der Waals surface area contributed by atoms with E-state index in [1.807, 2.05) is 42.7 Å². The normalized spacial score (nSPS) is 10.9. The maximum atomic E-state index is 12.8. The van der Waals surface area contributed by atoms with Crippen LogP contribution in [0, 0.1) is 6.92 Å². The van der Waals surface area contributed by atoms with Crippen LogP contribution in [0.1, 0.15) is 23.1 Å². The third kappa shape index (κ3) is 3.79. The first-order chi connectivity index (χ1) is 14.1. The van der Waals surface area contributed by atoms with Crippen molar-refractivity contribution in [1.82, 2.24) is 14.5 Å². The van der Waals surface area contributed by atoms with Gasteiger partial charge in [0.1, 0.15) is 17.1 Å². The number of pyridine rings is 1. The Bertz CT molecular complexity index is 1190. The second-order valence-corrected chi connectivity index (χ2v) is 6.83. The molecule has 29 heavy (non-hydrogen) atoms. The SMILES string of the molecule is CCOc1ccc(NC(=O)c2ccc(Cl)c(-n3c(C)nc4cccnc43)c2)cc1. The molecule has 0 spiro atoms. The van der Waals surface area contributed by atoms with E-state index in [1.54, 1.807) is 36.5 Å². The van der Waals surface area contributed by atoms with E-state index >= 15 is 0 Å². The third-order valence-corrected chi connectivity index (χ3v) is 4.78. The number of amides is 1. The van der Waals surface area contributed by atoms with Crippen LogP contribution in [-0.2, 0) is 0 Å². The Morgan fingerprint density at radius 3 is 2.72 bits per heavy atom. The molecule has 1 N–H and O–H groups in total. The largest absolute Gasteiger partial charge is 0.494 e. The molecule has 2 aromatic carbocycles. The maximum Gasteiger partial charge on any atom is 0.255 e. The van der Waals surface area contributed by atoms with Crippen LogP contribution in [0.4, 0.5) is 5.69 Å². The van der Waals surface area contributed by atoms with Crippen molar-refractivity contribution < 1.29 is 9.53 Å². The lowest BCUT2D eigenvalue weighted by atomic mass is 10.1. The predicted molar refractivity (Wildman–Crippen MR) is 114 cm³/mol. The molecule has 0 bridgehead atoms. The number of ether oxygens (including phenoxy) is 1. The molecular weight excluding hydrogens is 388 g/mol. The second kappa shape index (κ2) is 7.93. The Labute approximate surface area is 173 Å². The number of nitrogens with one attached hydrogen (secondary N) is 1. The molecule has 1 amide bonds. The lowest BCUT2D eigenvalue weighted by molar-refractivity contribution is 0.102. The van der Waals surface area contributed by atoms with Gasteiger partial charge in [-0.3, -0.25) is 9.36 Å². The molecule has 6 nitrogen and oxygen atoms in total. The number of benzene rings is 2. The summed E-state index contributed by atoms with van der Waals surface area (Å²) in [4.78, 5) is 21.7. The van der Waals surface area contributed by atoms with E-state index in [2.05, 4.69) is 15.3 Å². The molecule has 0 aliphatic heterocycles. The molecule has 0 fully saturated rings. The summed E-state index contributed by atoms with van der Waals surface area (Å²) in [6.45, 7) is 4.40. The van der Waals surface area contributed by atoms with E-state index in [1.165, 1.54) is 0 Å². The summed E-state index contributed by atoms with van der Waals surface area (Å²) in [5.41, 5.74) is 3.28. The van der Waals surface area contributed by atoms with Crippen LogP contribution in [-0.4, -0.2) is 27.0 Å². The van der Waals surface area contributed by atoms with Gasteiger partial charge < -0.3 is 10.1 Å². The van der Waals surface area contributed by atoms with Crippen molar-refractivity contribution in [1.29, 1.82) is 0 Å². The lowest BCUT2D eigenvalue weighted by Crippen LogP contribution is -2.12. The summed E-state index contributed by atoms with van der Waals surface area (Å²) in [7, 11) is 0. The average Bonchev–Trinajstić information content (AvgIpc) is 3.05. The molecular formula is C22H19ClN4O2. The Morgan fingerprint density at radius 1 is 1.17 bits per heavy atom. The fraction of sp³-hybridized carbons (Fsp3) is 0.136. The van der Waals surface area contributed by atoms with E-state index in [-0.39, 0.29) is 5.91 Å². The summed E-state index contributed by atoms with van der Waals surface area (Å²) < 4.78 is 7.28. The highest BCUT2D eigenvalue weighted by Gasteiger charge is 2.16. The first-order valence-corrected chi connectivity index (χ1v) is 9.59. The monoisotopic (exact) mass is 406 g/mol. The van der Waals surface area contributed by atoms with Gasteiger partial charge in [-0.2, -0.15) is 0 Å². The molecule has 0 saturated carbocycles. The summed E-state index contributed by atoms with van der Waals surface area (Å²) in [6.07, 6.45) is 1.70. The molecule has 7 heteroatoms. The predicted octanol–water partition coefficient (Wildman–Crippen LogP) is 5.03. The van der Waals surface area contributed by atoms with Crippen LogP contribution in [0.15, 0.2) is 60.8 Å². The number of nitrogens with zero attached hydrogens (tertiary/aromatic N) is 3.